The maximum Gasteiger partial charge on any atom is 0.205 e. The number of hydrogen-bond acceptors (Lipinski definition) is 7. The molecular weight excluding hydrogens is 452 g/mol. The fraction of sp³-hybridized carbons (Fsp3) is 0.464. The molecule has 0 radical (unpaired) electrons. The number of H-pyrrole nitrogens is 1. The number of nitrogens with zero attached hydrogens (tertiary/aromatic N) is 5. The summed E-state index contributed by atoms with van der Waals surface area (Å²) < 4.78 is 11.5. The molecule has 3 aromatic rings. The molecule has 2 heterocycles. The molecule has 0 amide bonds. The van der Waals surface area contributed by atoms with Gasteiger partial charge in [0.25, 0.3) is 0 Å². The number of rotatable bonds is 12. The standard InChI is InChI=1S/C28H38N6O2/c1-6-9-25-26(28(35-4)36-5)33(17-16-20(2)3)19-34(25)18-21-12-14-22(15-13-21)23-10-7-8-11-24(23)27-29-31-32-30-27/h7-8,10-15,20,28H,6,9,16-19H2,1-5H3,(H,29,30,31,32). The highest BCUT2D eigenvalue weighted by atomic mass is 16.7. The summed E-state index contributed by atoms with van der Waals surface area (Å²) in [6, 6.07) is 16.9. The SMILES string of the molecule is CCCC1=C(C(OC)OC)N(CCC(C)C)CN1Cc1ccc(-c2ccccc2-c2nn[nH]n2)cc1. The molecule has 192 valence electrons. The third kappa shape index (κ3) is 5.77. The lowest BCUT2D eigenvalue weighted by molar-refractivity contribution is -0.0887. The number of methoxy groups -OCH3 is 2. The lowest BCUT2D eigenvalue weighted by Gasteiger charge is -2.27. The van der Waals surface area contributed by atoms with Gasteiger partial charge in [-0.15, -0.1) is 10.2 Å². The van der Waals surface area contributed by atoms with Crippen LogP contribution >= 0.6 is 0 Å². The van der Waals surface area contributed by atoms with Crippen LogP contribution in [-0.2, 0) is 16.0 Å². The van der Waals surface area contributed by atoms with E-state index in [4.69, 9.17) is 9.47 Å². The van der Waals surface area contributed by atoms with Crippen molar-refractivity contribution in [2.45, 2.75) is 52.9 Å². The molecule has 8 heteroatoms. The molecule has 0 fully saturated rings. The van der Waals surface area contributed by atoms with Crippen molar-refractivity contribution in [3.8, 4) is 22.5 Å². The minimum Gasteiger partial charge on any atom is -0.352 e. The lowest BCUT2D eigenvalue weighted by Crippen LogP contribution is -2.33. The first-order valence-electron chi connectivity index (χ1n) is 12.8. The Balaban J connectivity index is 1.58. The third-order valence-electron chi connectivity index (χ3n) is 6.63. The monoisotopic (exact) mass is 490 g/mol. The van der Waals surface area contributed by atoms with Crippen LogP contribution in [0, 0.1) is 5.92 Å². The maximum atomic E-state index is 5.74. The number of benzene rings is 2. The molecule has 1 aromatic heterocycles. The topological polar surface area (TPSA) is 79.4 Å². The minimum absolute atomic E-state index is 0.354. The molecule has 4 rings (SSSR count). The number of nitrogens with one attached hydrogen (secondary N) is 1. The van der Waals surface area contributed by atoms with Crippen molar-refractivity contribution in [1.29, 1.82) is 0 Å². The number of allylic oxidation sites excluding steroid dienone is 1. The summed E-state index contributed by atoms with van der Waals surface area (Å²) in [5, 5.41) is 14.6. The minimum atomic E-state index is -0.354. The molecule has 0 bridgehead atoms. The normalized spacial score (nSPS) is 14.1. The summed E-state index contributed by atoms with van der Waals surface area (Å²) in [7, 11) is 3.44. The molecule has 0 spiro atoms. The highest BCUT2D eigenvalue weighted by Gasteiger charge is 2.33. The highest BCUT2D eigenvalue weighted by molar-refractivity contribution is 5.80. The van der Waals surface area contributed by atoms with Crippen LogP contribution in [0.1, 0.15) is 45.6 Å². The van der Waals surface area contributed by atoms with E-state index < -0.39 is 0 Å². The van der Waals surface area contributed by atoms with E-state index in [0.717, 1.165) is 55.7 Å². The van der Waals surface area contributed by atoms with E-state index in [-0.39, 0.29) is 6.29 Å². The molecule has 0 aliphatic carbocycles. The first-order chi connectivity index (χ1) is 17.5. The summed E-state index contributed by atoms with van der Waals surface area (Å²) in [4.78, 5) is 4.92. The van der Waals surface area contributed by atoms with Gasteiger partial charge in [-0.2, -0.15) is 5.21 Å². The Labute approximate surface area is 214 Å². The van der Waals surface area contributed by atoms with E-state index >= 15 is 0 Å². The van der Waals surface area contributed by atoms with Crippen molar-refractivity contribution < 1.29 is 9.47 Å². The van der Waals surface area contributed by atoms with E-state index in [1.165, 1.54) is 17.0 Å². The fourth-order valence-electron chi connectivity index (χ4n) is 4.81. The second kappa shape index (κ2) is 12.1. The number of ether oxygens (including phenoxy) is 2. The van der Waals surface area contributed by atoms with Crippen LogP contribution < -0.4 is 0 Å². The van der Waals surface area contributed by atoms with Gasteiger partial charge in [0.15, 0.2) is 6.29 Å². The Hall–Kier alpha value is -3.23. The van der Waals surface area contributed by atoms with Gasteiger partial charge >= 0.3 is 0 Å². The second-order valence-corrected chi connectivity index (χ2v) is 9.65. The summed E-state index contributed by atoms with van der Waals surface area (Å²) in [5.41, 5.74) is 6.93. The van der Waals surface area contributed by atoms with E-state index in [1.54, 1.807) is 14.2 Å². The van der Waals surface area contributed by atoms with Crippen molar-refractivity contribution in [1.82, 2.24) is 30.4 Å². The van der Waals surface area contributed by atoms with Gasteiger partial charge in [-0.25, -0.2) is 0 Å². The molecule has 1 aliphatic heterocycles. The molecular formula is C28H38N6O2. The van der Waals surface area contributed by atoms with E-state index in [2.05, 4.69) is 81.5 Å². The van der Waals surface area contributed by atoms with E-state index in [9.17, 15) is 0 Å². The number of tetrazole rings is 1. The largest absolute Gasteiger partial charge is 0.352 e. The molecule has 0 saturated carbocycles. The van der Waals surface area contributed by atoms with Gasteiger partial charge in [0.05, 0.1) is 12.4 Å². The van der Waals surface area contributed by atoms with Crippen molar-refractivity contribution in [2.75, 3.05) is 27.4 Å². The van der Waals surface area contributed by atoms with Crippen LogP contribution in [0.3, 0.4) is 0 Å². The lowest BCUT2D eigenvalue weighted by atomic mass is 9.98. The Kier molecular flexibility index (Phi) is 8.72. The van der Waals surface area contributed by atoms with Crippen molar-refractivity contribution in [3.63, 3.8) is 0 Å². The van der Waals surface area contributed by atoms with E-state index in [0.29, 0.717) is 11.7 Å². The summed E-state index contributed by atoms with van der Waals surface area (Å²) in [5.74, 6) is 1.24. The van der Waals surface area contributed by atoms with Crippen LogP contribution in [-0.4, -0.2) is 64.1 Å². The fourth-order valence-corrected chi connectivity index (χ4v) is 4.81. The zero-order valence-corrected chi connectivity index (χ0v) is 22.1. The summed E-state index contributed by atoms with van der Waals surface area (Å²) in [6.45, 7) is 9.45. The van der Waals surface area contributed by atoms with Crippen molar-refractivity contribution >= 4 is 0 Å². The summed E-state index contributed by atoms with van der Waals surface area (Å²) in [6.07, 6.45) is 2.84. The average molecular weight is 491 g/mol. The molecule has 36 heavy (non-hydrogen) atoms. The Morgan fingerprint density at radius 2 is 1.69 bits per heavy atom. The van der Waals surface area contributed by atoms with Crippen LogP contribution in [0.4, 0.5) is 0 Å². The van der Waals surface area contributed by atoms with Gasteiger partial charge in [-0.1, -0.05) is 75.7 Å². The first-order valence-corrected chi connectivity index (χ1v) is 12.8. The molecule has 1 N–H and O–H groups in total. The van der Waals surface area contributed by atoms with Crippen LogP contribution in [0.5, 0.6) is 0 Å². The number of aromatic amines is 1. The summed E-state index contributed by atoms with van der Waals surface area (Å²) >= 11 is 0. The van der Waals surface area contributed by atoms with Gasteiger partial charge in [-0.3, -0.25) is 0 Å². The second-order valence-electron chi connectivity index (χ2n) is 9.65. The Morgan fingerprint density at radius 3 is 2.31 bits per heavy atom. The average Bonchev–Trinajstić information content (AvgIpc) is 3.54. The molecule has 2 aromatic carbocycles. The van der Waals surface area contributed by atoms with Crippen molar-refractivity contribution in [3.05, 3.63) is 65.5 Å². The number of aromatic nitrogens is 4. The zero-order chi connectivity index (χ0) is 25.5. The zero-order valence-electron chi connectivity index (χ0n) is 22.1. The van der Waals surface area contributed by atoms with Gasteiger partial charge in [-0.05, 0) is 40.7 Å². The number of hydrogen-bond donors (Lipinski definition) is 1. The van der Waals surface area contributed by atoms with Crippen LogP contribution in [0.15, 0.2) is 59.9 Å². The molecule has 0 unspecified atom stereocenters. The van der Waals surface area contributed by atoms with Gasteiger partial charge in [0, 0.05) is 38.6 Å². The predicted octanol–water partition coefficient (Wildman–Crippen LogP) is 5.29. The quantitative estimate of drug-likeness (QED) is 0.346. The molecule has 0 atom stereocenters. The van der Waals surface area contributed by atoms with E-state index in [1.807, 2.05) is 18.2 Å². The van der Waals surface area contributed by atoms with Crippen molar-refractivity contribution in [2.24, 2.45) is 5.92 Å². The highest BCUT2D eigenvalue weighted by Crippen LogP contribution is 2.34. The van der Waals surface area contributed by atoms with Crippen LogP contribution in [0.2, 0.25) is 0 Å². The molecule has 0 saturated heterocycles. The Bertz CT molecular complexity index is 1120. The first kappa shape index (κ1) is 25.9. The van der Waals surface area contributed by atoms with Gasteiger partial charge < -0.3 is 19.3 Å². The third-order valence-corrected chi connectivity index (χ3v) is 6.63. The smallest absolute Gasteiger partial charge is 0.205 e. The Morgan fingerprint density at radius 1 is 0.972 bits per heavy atom. The predicted molar refractivity (Wildman–Crippen MR) is 141 cm³/mol. The van der Waals surface area contributed by atoms with Crippen LogP contribution in [0.25, 0.3) is 22.5 Å². The van der Waals surface area contributed by atoms with Gasteiger partial charge in [0.1, 0.15) is 0 Å². The molecule has 1 aliphatic rings. The molecule has 8 nitrogen and oxygen atoms in total. The maximum absolute atomic E-state index is 5.74. The van der Waals surface area contributed by atoms with Gasteiger partial charge in [0.2, 0.25) is 5.82 Å².